The van der Waals surface area contributed by atoms with Crippen molar-refractivity contribution in [2.75, 3.05) is 0 Å². The molecule has 5 atom stereocenters. The summed E-state index contributed by atoms with van der Waals surface area (Å²) in [5.41, 5.74) is 1.86. The molecule has 3 unspecified atom stereocenters. The molecule has 4 rings (SSSR count). The molecule has 0 aliphatic heterocycles. The molecule has 4 aliphatic carbocycles. The van der Waals surface area contributed by atoms with E-state index >= 15 is 0 Å². The zero-order valence-electron chi connectivity index (χ0n) is 14.9. The largest absolute Gasteiger partial charge is 0.385 e. The van der Waals surface area contributed by atoms with E-state index in [-0.39, 0.29) is 11.2 Å². The molecular weight excluding hydrogens is 296 g/mol. The van der Waals surface area contributed by atoms with Crippen LogP contribution >= 0.6 is 0 Å². The third kappa shape index (κ3) is 2.17. The highest BCUT2D eigenvalue weighted by molar-refractivity contribution is 5.92. The lowest BCUT2D eigenvalue weighted by Gasteiger charge is -2.56. The summed E-state index contributed by atoms with van der Waals surface area (Å²) in [4.78, 5) is 11.8. The van der Waals surface area contributed by atoms with Crippen molar-refractivity contribution >= 4 is 5.78 Å². The number of carbonyl (C=O) groups excluding carboxylic acids is 1. The number of aliphatic hydroxyl groups is 1. The Kier molecular flexibility index (Phi) is 3.77. The van der Waals surface area contributed by atoms with Gasteiger partial charge in [0.25, 0.3) is 0 Å². The fraction of sp³-hybridized carbons (Fsp3) is 0.682. The molecule has 0 aromatic heterocycles. The van der Waals surface area contributed by atoms with Crippen LogP contribution in [0.1, 0.15) is 65.2 Å². The zero-order valence-corrected chi connectivity index (χ0v) is 14.9. The van der Waals surface area contributed by atoms with Gasteiger partial charge in [0.05, 0.1) is 5.60 Å². The molecule has 2 nitrogen and oxygen atoms in total. The lowest BCUT2D eigenvalue weighted by atomic mass is 9.50. The Hall–Kier alpha value is -1.33. The van der Waals surface area contributed by atoms with Crippen LogP contribution in [0.15, 0.2) is 23.3 Å². The van der Waals surface area contributed by atoms with E-state index in [1.54, 1.807) is 6.08 Å². The summed E-state index contributed by atoms with van der Waals surface area (Å²) in [5.74, 6) is 8.40. The monoisotopic (exact) mass is 324 g/mol. The van der Waals surface area contributed by atoms with Crippen LogP contribution in [-0.4, -0.2) is 16.5 Å². The number of carbonyl (C=O) groups is 1. The smallest absolute Gasteiger partial charge is 0.155 e. The van der Waals surface area contributed by atoms with E-state index < -0.39 is 5.60 Å². The van der Waals surface area contributed by atoms with Gasteiger partial charge in [-0.1, -0.05) is 31.8 Å². The minimum atomic E-state index is -0.712. The van der Waals surface area contributed by atoms with Crippen LogP contribution in [0.25, 0.3) is 0 Å². The third-order valence-corrected chi connectivity index (χ3v) is 7.42. The van der Waals surface area contributed by atoms with Gasteiger partial charge in [0, 0.05) is 23.8 Å². The Balaban J connectivity index is 1.64. The van der Waals surface area contributed by atoms with Gasteiger partial charge in [0.15, 0.2) is 5.78 Å². The number of allylic oxidation sites excluding steroid dienone is 3. The molecule has 0 heterocycles. The first-order valence-electron chi connectivity index (χ1n) is 9.65. The van der Waals surface area contributed by atoms with E-state index in [2.05, 4.69) is 31.8 Å². The molecule has 0 radical (unpaired) electrons. The summed E-state index contributed by atoms with van der Waals surface area (Å²) in [5, 5.41) is 11.4. The second-order valence-corrected chi connectivity index (χ2v) is 8.44. The Morgan fingerprint density at radius 2 is 2.08 bits per heavy atom. The number of fused-ring (bicyclic) bond motifs is 5. The van der Waals surface area contributed by atoms with Gasteiger partial charge in [-0.15, -0.1) is 0 Å². The van der Waals surface area contributed by atoms with Crippen molar-refractivity contribution < 1.29 is 9.90 Å². The first kappa shape index (κ1) is 16.2. The fourth-order valence-corrected chi connectivity index (χ4v) is 6.13. The lowest BCUT2D eigenvalue weighted by Crippen LogP contribution is -2.54. The van der Waals surface area contributed by atoms with Gasteiger partial charge in [-0.05, 0) is 67.9 Å². The van der Waals surface area contributed by atoms with Crippen LogP contribution in [0.3, 0.4) is 0 Å². The molecule has 0 amide bonds. The van der Waals surface area contributed by atoms with Gasteiger partial charge in [-0.2, -0.15) is 0 Å². The molecule has 128 valence electrons. The van der Waals surface area contributed by atoms with Crippen molar-refractivity contribution in [3.63, 3.8) is 0 Å². The highest BCUT2D eigenvalue weighted by Gasteiger charge is 2.58. The maximum Gasteiger partial charge on any atom is 0.155 e. The van der Waals surface area contributed by atoms with E-state index in [4.69, 9.17) is 0 Å². The molecule has 24 heavy (non-hydrogen) atoms. The summed E-state index contributed by atoms with van der Waals surface area (Å²) in [7, 11) is 0. The first-order chi connectivity index (χ1) is 11.5. The van der Waals surface area contributed by atoms with Gasteiger partial charge in [-0.25, -0.2) is 0 Å². The Morgan fingerprint density at radius 1 is 1.25 bits per heavy atom. The number of ketones is 1. The van der Waals surface area contributed by atoms with Crippen LogP contribution in [-0.2, 0) is 4.79 Å². The van der Waals surface area contributed by atoms with Crippen molar-refractivity contribution in [3.8, 4) is 11.8 Å². The normalized spacial score (nSPS) is 43.6. The van der Waals surface area contributed by atoms with E-state index in [0.717, 1.165) is 44.1 Å². The molecule has 2 fully saturated rings. The number of rotatable bonds is 0. The maximum atomic E-state index is 11.8. The van der Waals surface area contributed by atoms with Crippen LogP contribution in [0.4, 0.5) is 0 Å². The van der Waals surface area contributed by atoms with E-state index in [9.17, 15) is 9.90 Å². The molecule has 0 aromatic carbocycles. The molecule has 2 saturated carbocycles. The molecule has 0 spiro atoms. The highest BCUT2D eigenvalue weighted by Crippen LogP contribution is 2.62. The second kappa shape index (κ2) is 5.60. The summed E-state index contributed by atoms with van der Waals surface area (Å²) in [6, 6.07) is 0. The van der Waals surface area contributed by atoms with Crippen molar-refractivity contribution in [3.05, 3.63) is 23.3 Å². The quantitative estimate of drug-likeness (QED) is 0.678. The molecule has 4 aliphatic rings. The van der Waals surface area contributed by atoms with Crippen LogP contribution in [0.5, 0.6) is 0 Å². The van der Waals surface area contributed by atoms with Crippen LogP contribution in [0.2, 0.25) is 0 Å². The standard InChI is InChI=1S/C22H28O2/c1-3-4-5-15-7-9-19-18-8-6-16-14-17(23)10-13-22(16,24)20(18)11-12-21(15,19)2/h7,14,18-20,24H,3,6,8-13H2,1-2H3/t18?,19?,20?,21-,22-/m1/s1. The predicted octanol–water partition coefficient (Wildman–Crippen LogP) is 4.19. The summed E-state index contributed by atoms with van der Waals surface area (Å²) in [6.07, 6.45) is 11.5. The number of hydrogen-bond donors (Lipinski definition) is 1. The summed E-state index contributed by atoms with van der Waals surface area (Å²) >= 11 is 0. The van der Waals surface area contributed by atoms with E-state index in [1.165, 1.54) is 5.57 Å². The van der Waals surface area contributed by atoms with Crippen molar-refractivity contribution in [2.24, 2.45) is 23.2 Å². The van der Waals surface area contributed by atoms with E-state index in [0.29, 0.717) is 30.6 Å². The third-order valence-electron chi connectivity index (χ3n) is 7.42. The lowest BCUT2D eigenvalue weighted by molar-refractivity contribution is -0.124. The van der Waals surface area contributed by atoms with Gasteiger partial charge in [0.2, 0.25) is 0 Å². The Morgan fingerprint density at radius 3 is 2.88 bits per heavy atom. The second-order valence-electron chi connectivity index (χ2n) is 8.44. The molecular formula is C22H28O2. The zero-order chi connectivity index (χ0) is 16.9. The average Bonchev–Trinajstić information content (AvgIpc) is 2.90. The van der Waals surface area contributed by atoms with Crippen molar-refractivity contribution in [2.45, 2.75) is 70.8 Å². The molecule has 2 heteroatoms. The summed E-state index contributed by atoms with van der Waals surface area (Å²) in [6.45, 7) is 4.50. The van der Waals surface area contributed by atoms with Gasteiger partial charge in [-0.3, -0.25) is 4.79 Å². The topological polar surface area (TPSA) is 37.3 Å². The minimum Gasteiger partial charge on any atom is -0.385 e. The van der Waals surface area contributed by atoms with E-state index in [1.807, 2.05) is 0 Å². The minimum absolute atomic E-state index is 0.200. The Bertz CT molecular complexity index is 688. The van der Waals surface area contributed by atoms with Crippen LogP contribution < -0.4 is 0 Å². The van der Waals surface area contributed by atoms with Crippen LogP contribution in [0, 0.1) is 35.0 Å². The molecule has 0 aromatic rings. The highest BCUT2D eigenvalue weighted by atomic mass is 16.3. The number of hydrogen-bond acceptors (Lipinski definition) is 2. The molecule has 0 bridgehead atoms. The van der Waals surface area contributed by atoms with Gasteiger partial charge < -0.3 is 5.11 Å². The fourth-order valence-electron chi connectivity index (χ4n) is 6.13. The SMILES string of the molecule is CCC#CC1=CCC2C3CCC4=CC(=O)CC[C@]4(O)C3CC[C@]12C. The van der Waals surface area contributed by atoms with Gasteiger partial charge in [0.1, 0.15) is 0 Å². The molecule has 0 saturated heterocycles. The predicted molar refractivity (Wildman–Crippen MR) is 95.1 cm³/mol. The maximum absolute atomic E-state index is 11.8. The Labute approximate surface area is 145 Å². The average molecular weight is 324 g/mol. The van der Waals surface area contributed by atoms with Gasteiger partial charge >= 0.3 is 0 Å². The van der Waals surface area contributed by atoms with Crippen molar-refractivity contribution in [1.82, 2.24) is 0 Å². The summed E-state index contributed by atoms with van der Waals surface area (Å²) < 4.78 is 0. The van der Waals surface area contributed by atoms with Crippen molar-refractivity contribution in [1.29, 1.82) is 0 Å². The first-order valence-corrected chi connectivity index (χ1v) is 9.65. The molecule has 1 N–H and O–H groups in total.